The summed E-state index contributed by atoms with van der Waals surface area (Å²) in [6, 6.07) is 0.464. The summed E-state index contributed by atoms with van der Waals surface area (Å²) < 4.78 is 5.81. The Kier molecular flexibility index (Phi) is 6.56. The lowest BCUT2D eigenvalue weighted by atomic mass is 9.58. The number of rotatable bonds is 5. The lowest BCUT2D eigenvalue weighted by Crippen LogP contribution is -2.63. The first kappa shape index (κ1) is 28.1. The molecule has 1 heterocycles. The maximum absolute atomic E-state index is 13.9. The Morgan fingerprint density at radius 2 is 1.90 bits per heavy atom. The van der Waals surface area contributed by atoms with E-state index >= 15 is 0 Å². The number of methoxy groups -OCH3 is 1. The van der Waals surface area contributed by atoms with E-state index in [1.165, 1.54) is 18.1 Å². The van der Waals surface area contributed by atoms with Crippen LogP contribution in [0, 0.1) is 11.8 Å². The highest BCUT2D eigenvalue weighted by Gasteiger charge is 2.63. The zero-order valence-corrected chi connectivity index (χ0v) is 23.4. The van der Waals surface area contributed by atoms with Crippen LogP contribution < -0.4 is 10.5 Å². The van der Waals surface area contributed by atoms with Crippen LogP contribution in [-0.2, 0) is 22.6 Å². The number of amides is 1. The van der Waals surface area contributed by atoms with Crippen molar-refractivity contribution in [2.45, 2.75) is 63.3 Å². The van der Waals surface area contributed by atoms with Crippen LogP contribution in [0.3, 0.4) is 0 Å². The molecule has 5 rings (SSSR count). The normalized spacial score (nSPS) is 29.9. The number of nitrogens with zero attached hydrogens (tertiary/aromatic N) is 2. The largest absolute Gasteiger partial charge is 0.510 e. The Morgan fingerprint density at radius 3 is 2.45 bits per heavy atom. The van der Waals surface area contributed by atoms with Gasteiger partial charge in [0.05, 0.1) is 18.7 Å². The van der Waals surface area contributed by atoms with Gasteiger partial charge in [-0.05, 0) is 72.2 Å². The van der Waals surface area contributed by atoms with E-state index in [-0.39, 0.29) is 35.3 Å². The van der Waals surface area contributed by atoms with E-state index < -0.39 is 58.0 Å². The van der Waals surface area contributed by atoms with Gasteiger partial charge in [0.2, 0.25) is 5.78 Å². The van der Waals surface area contributed by atoms with E-state index in [1.807, 2.05) is 0 Å². The van der Waals surface area contributed by atoms with Crippen LogP contribution in [0.25, 0.3) is 0 Å². The smallest absolute Gasteiger partial charge is 0.255 e. The van der Waals surface area contributed by atoms with E-state index in [4.69, 9.17) is 10.5 Å². The molecule has 0 spiro atoms. The molecule has 1 fully saturated rings. The van der Waals surface area contributed by atoms with E-state index in [0.717, 1.165) is 24.9 Å². The molecule has 3 aliphatic carbocycles. The van der Waals surface area contributed by atoms with Gasteiger partial charge in [-0.3, -0.25) is 24.2 Å². The van der Waals surface area contributed by atoms with Crippen LogP contribution in [-0.4, -0.2) is 92.6 Å². The van der Waals surface area contributed by atoms with Crippen molar-refractivity contribution in [3.05, 3.63) is 45.4 Å². The minimum Gasteiger partial charge on any atom is -0.510 e. The molecule has 11 nitrogen and oxygen atoms in total. The summed E-state index contributed by atoms with van der Waals surface area (Å²) in [4.78, 5) is 43.3. The number of nitrogens with two attached hydrogens (primary N) is 1. The molecule has 1 aromatic carbocycles. The summed E-state index contributed by atoms with van der Waals surface area (Å²) >= 11 is 0. The molecule has 1 aliphatic heterocycles. The van der Waals surface area contributed by atoms with E-state index in [2.05, 4.69) is 18.7 Å². The van der Waals surface area contributed by atoms with Gasteiger partial charge in [-0.15, -0.1) is 0 Å². The SMILES string of the molecule is COc1c(CN2CCCC2(C)C)cc(O)c2c1C[C@H]1C[C@H]3[C@H](N(C)C)C(O)=C(C(N)=O)C(=O)[C@@]3(O)C(O)=C1C2=O. The van der Waals surface area contributed by atoms with Gasteiger partial charge in [-0.2, -0.15) is 0 Å². The molecule has 0 aromatic heterocycles. The molecule has 40 heavy (non-hydrogen) atoms. The zero-order chi connectivity index (χ0) is 29.5. The highest BCUT2D eigenvalue weighted by Crippen LogP contribution is 2.53. The first-order chi connectivity index (χ1) is 18.7. The number of hydrogen-bond donors (Lipinski definition) is 5. The number of aliphatic hydroxyl groups excluding tert-OH is 2. The second kappa shape index (κ2) is 9.32. The molecule has 4 aliphatic rings. The fraction of sp³-hybridized carbons (Fsp3) is 0.552. The lowest BCUT2D eigenvalue weighted by Gasteiger charge is -2.50. The number of benzene rings is 1. The second-order valence-electron chi connectivity index (χ2n) is 12.2. The number of aliphatic hydroxyl groups is 3. The standard InChI is InChI=1S/C29H37N3O8/c1-28(2)7-6-8-32(28)12-14-11-17(33)19-15(24(14)40-5)9-13-10-16-21(31(3)4)23(35)20(27(30)38)26(37)29(16,39)25(36)18(13)22(19)34/h11,13,16,21,33,35-36,39H,6-10,12H2,1-5H3,(H2,30,38)/t13-,16-,21-,29-/m0/s1. The molecule has 0 saturated carbocycles. The summed E-state index contributed by atoms with van der Waals surface area (Å²) in [7, 11) is 4.70. The van der Waals surface area contributed by atoms with Gasteiger partial charge in [0.15, 0.2) is 11.4 Å². The summed E-state index contributed by atoms with van der Waals surface area (Å²) in [6.07, 6.45) is 2.30. The molecule has 11 heteroatoms. The number of phenols is 1. The molecule has 1 amide bonds. The third kappa shape index (κ3) is 3.78. The quantitative estimate of drug-likeness (QED) is 0.335. The molecule has 0 bridgehead atoms. The zero-order valence-electron chi connectivity index (χ0n) is 23.4. The third-order valence-corrected chi connectivity index (χ3v) is 9.39. The van der Waals surface area contributed by atoms with Crippen molar-refractivity contribution in [2.75, 3.05) is 27.7 Å². The number of carbonyl (C=O) groups is 3. The van der Waals surface area contributed by atoms with Crippen LogP contribution in [0.4, 0.5) is 0 Å². The van der Waals surface area contributed by atoms with Gasteiger partial charge in [0.1, 0.15) is 28.6 Å². The average molecular weight is 556 g/mol. The number of Topliss-reactive ketones (excluding diaryl/α,β-unsaturated/α-hetero) is 2. The van der Waals surface area contributed by atoms with Crippen molar-refractivity contribution >= 4 is 17.5 Å². The molecule has 1 saturated heterocycles. The number of fused-ring (bicyclic) bond motifs is 3. The van der Waals surface area contributed by atoms with Gasteiger partial charge in [-0.1, -0.05) is 0 Å². The van der Waals surface area contributed by atoms with E-state index in [0.29, 0.717) is 17.9 Å². The Hall–Kier alpha value is -3.41. The number of allylic oxidation sites excluding steroid dienone is 1. The summed E-state index contributed by atoms with van der Waals surface area (Å²) in [6.45, 7) is 5.73. The molecule has 4 atom stereocenters. The van der Waals surface area contributed by atoms with Crippen molar-refractivity contribution in [3.8, 4) is 11.5 Å². The Balaban J connectivity index is 1.65. The first-order valence-electron chi connectivity index (χ1n) is 13.5. The van der Waals surface area contributed by atoms with Gasteiger partial charge in [-0.25, -0.2) is 0 Å². The predicted molar refractivity (Wildman–Crippen MR) is 144 cm³/mol. The maximum atomic E-state index is 13.9. The number of likely N-dealkylation sites (tertiary alicyclic amines) is 1. The second-order valence-corrected chi connectivity index (χ2v) is 12.2. The Bertz CT molecular complexity index is 1390. The number of ether oxygens (including phenoxy) is 1. The minimum absolute atomic E-state index is 0.0268. The molecule has 6 N–H and O–H groups in total. The Labute approximate surface area is 232 Å². The highest BCUT2D eigenvalue weighted by atomic mass is 16.5. The number of carbonyl (C=O) groups excluding carboxylic acids is 3. The van der Waals surface area contributed by atoms with Crippen molar-refractivity contribution in [1.82, 2.24) is 9.80 Å². The van der Waals surface area contributed by atoms with Gasteiger partial charge in [0, 0.05) is 34.7 Å². The molecule has 216 valence electrons. The third-order valence-electron chi connectivity index (χ3n) is 9.39. The van der Waals surface area contributed by atoms with E-state index in [9.17, 15) is 34.8 Å². The summed E-state index contributed by atoms with van der Waals surface area (Å²) in [5.41, 5.74) is 2.84. The van der Waals surface area contributed by atoms with Crippen LogP contribution in [0.2, 0.25) is 0 Å². The first-order valence-corrected chi connectivity index (χ1v) is 13.5. The molecule has 1 aromatic rings. The summed E-state index contributed by atoms with van der Waals surface area (Å²) in [5.74, 6) is -6.25. The maximum Gasteiger partial charge on any atom is 0.255 e. The monoisotopic (exact) mass is 555 g/mol. The number of ketones is 2. The van der Waals surface area contributed by atoms with Crippen LogP contribution in [0.1, 0.15) is 54.6 Å². The lowest BCUT2D eigenvalue weighted by molar-refractivity contribution is -0.148. The Morgan fingerprint density at radius 1 is 1.23 bits per heavy atom. The number of likely N-dealkylation sites (N-methyl/N-ethyl adjacent to an activating group) is 1. The molecule has 0 unspecified atom stereocenters. The number of primary amides is 1. The van der Waals surface area contributed by atoms with Gasteiger partial charge >= 0.3 is 0 Å². The highest BCUT2D eigenvalue weighted by molar-refractivity contribution is 6.24. The fourth-order valence-corrected chi connectivity index (χ4v) is 7.40. The van der Waals surface area contributed by atoms with Crippen LogP contribution in [0.15, 0.2) is 28.7 Å². The van der Waals surface area contributed by atoms with Crippen molar-refractivity contribution in [3.63, 3.8) is 0 Å². The average Bonchev–Trinajstić information content (AvgIpc) is 3.18. The van der Waals surface area contributed by atoms with Crippen molar-refractivity contribution in [2.24, 2.45) is 17.6 Å². The molecular formula is C29H37N3O8. The molecule has 0 radical (unpaired) electrons. The van der Waals surface area contributed by atoms with Crippen LogP contribution in [0.5, 0.6) is 11.5 Å². The van der Waals surface area contributed by atoms with Gasteiger partial charge in [0.25, 0.3) is 5.91 Å². The van der Waals surface area contributed by atoms with Crippen molar-refractivity contribution < 1.29 is 39.5 Å². The summed E-state index contributed by atoms with van der Waals surface area (Å²) in [5, 5.41) is 45.1. The number of aromatic hydroxyl groups is 1. The topological polar surface area (TPSA) is 174 Å². The van der Waals surface area contributed by atoms with E-state index in [1.54, 1.807) is 14.1 Å². The van der Waals surface area contributed by atoms with Crippen molar-refractivity contribution in [1.29, 1.82) is 0 Å². The van der Waals surface area contributed by atoms with Gasteiger partial charge < -0.3 is 30.9 Å². The number of phenolic OH excluding ortho intramolecular Hbond substituents is 1. The predicted octanol–water partition coefficient (Wildman–Crippen LogP) is 1.50. The fourth-order valence-electron chi connectivity index (χ4n) is 7.40. The minimum atomic E-state index is -2.66. The number of hydrogen-bond acceptors (Lipinski definition) is 10. The molecular weight excluding hydrogens is 518 g/mol. The van der Waals surface area contributed by atoms with Crippen LogP contribution >= 0.6 is 0 Å².